The van der Waals surface area contributed by atoms with E-state index in [9.17, 15) is 0 Å². The van der Waals surface area contributed by atoms with E-state index >= 15 is 4.57 Å². The molecule has 0 aliphatic carbocycles. The van der Waals surface area contributed by atoms with Crippen LogP contribution in [0.2, 0.25) is 0 Å². The highest BCUT2D eigenvalue weighted by Gasteiger charge is 2.41. The zero-order chi connectivity index (χ0) is 32.0. The number of ether oxygens (including phenoxy) is 2. The topological polar surface area (TPSA) is 96.8 Å². The second-order valence-corrected chi connectivity index (χ2v) is 12.0. The first-order valence-electron chi connectivity index (χ1n) is 15.1. The minimum absolute atomic E-state index is 0.389. The van der Waals surface area contributed by atoms with Gasteiger partial charge in [0, 0.05) is 27.7 Å². The van der Waals surface area contributed by atoms with E-state index < -0.39 is 7.37 Å². The van der Waals surface area contributed by atoms with Gasteiger partial charge >= 0.3 is 7.37 Å². The van der Waals surface area contributed by atoms with E-state index in [1.54, 1.807) is 54.6 Å². The Bertz CT molecular complexity index is 1970. The third-order valence-corrected chi connectivity index (χ3v) is 9.53. The fourth-order valence-electron chi connectivity index (χ4n) is 5.12. The van der Waals surface area contributed by atoms with Crippen molar-refractivity contribution in [2.45, 2.75) is 27.7 Å². The lowest BCUT2D eigenvalue weighted by Gasteiger charge is -2.30. The number of fused-ring (bicyclic) bond motifs is 4. The van der Waals surface area contributed by atoms with Gasteiger partial charge in [-0.25, -0.2) is 0 Å². The van der Waals surface area contributed by atoms with Crippen LogP contribution in [-0.2, 0) is 4.57 Å². The lowest BCUT2D eigenvalue weighted by atomic mass is 10.0. The van der Waals surface area contributed by atoms with Crippen LogP contribution in [-0.4, -0.2) is 0 Å². The van der Waals surface area contributed by atoms with Gasteiger partial charge in [-0.2, -0.15) is 0 Å². The predicted octanol–water partition coefficient (Wildman–Crippen LogP) is 9.93. The zero-order valence-electron chi connectivity index (χ0n) is 25.9. The Balaban J connectivity index is 0.000000963. The van der Waals surface area contributed by atoms with Gasteiger partial charge < -0.3 is 25.5 Å². The average molecular weight is 617 g/mol. The van der Waals surface area contributed by atoms with Crippen LogP contribution in [0.15, 0.2) is 127 Å². The second kappa shape index (κ2) is 13.6. The Labute approximate surface area is 264 Å². The molecule has 6 nitrogen and oxygen atoms in total. The molecule has 1 atom stereocenters. The molecule has 228 valence electrons. The zero-order valence-corrected chi connectivity index (χ0v) is 26.8. The minimum atomic E-state index is -3.77. The van der Waals surface area contributed by atoms with Crippen molar-refractivity contribution in [2.24, 2.45) is 0 Å². The Hall–Kier alpha value is -5.19. The molecule has 7 rings (SSSR count). The monoisotopic (exact) mass is 616 g/mol. The molecular weight excluding hydrogens is 579 g/mol. The van der Waals surface area contributed by atoms with E-state index in [0.29, 0.717) is 50.7 Å². The lowest BCUT2D eigenvalue weighted by molar-refractivity contribution is 0.475. The van der Waals surface area contributed by atoms with Crippen molar-refractivity contribution in [2.75, 3.05) is 11.5 Å². The van der Waals surface area contributed by atoms with Crippen LogP contribution in [0.4, 0.5) is 11.4 Å². The molecule has 1 aliphatic heterocycles. The van der Waals surface area contributed by atoms with E-state index in [2.05, 4.69) is 0 Å². The van der Waals surface area contributed by atoms with Crippen molar-refractivity contribution in [3.05, 3.63) is 127 Å². The summed E-state index contributed by atoms with van der Waals surface area (Å²) >= 11 is 0. The highest BCUT2D eigenvalue weighted by Crippen LogP contribution is 2.57. The summed E-state index contributed by atoms with van der Waals surface area (Å²) < 4.78 is 34.8. The molecule has 0 bridgehead atoms. The fourth-order valence-corrected chi connectivity index (χ4v) is 7.53. The molecule has 0 saturated carbocycles. The largest absolute Gasteiger partial charge is 0.457 e. The fraction of sp³-hybridized carbons (Fsp3) is 0.105. The maximum absolute atomic E-state index is 15.4. The highest BCUT2D eigenvalue weighted by atomic mass is 31.2. The Morgan fingerprint density at radius 2 is 1.07 bits per heavy atom. The molecule has 0 aromatic heterocycles. The van der Waals surface area contributed by atoms with Crippen LogP contribution >= 0.6 is 7.37 Å². The van der Waals surface area contributed by atoms with Gasteiger partial charge in [-0.3, -0.25) is 4.57 Å². The van der Waals surface area contributed by atoms with Crippen molar-refractivity contribution in [1.82, 2.24) is 0 Å². The van der Waals surface area contributed by atoms with Gasteiger partial charge in [0.1, 0.15) is 28.7 Å². The molecule has 7 heteroatoms. The van der Waals surface area contributed by atoms with E-state index in [-0.39, 0.29) is 0 Å². The number of hydrogen-bond donors (Lipinski definition) is 2. The quantitative estimate of drug-likeness (QED) is 0.148. The summed E-state index contributed by atoms with van der Waals surface area (Å²) in [6.07, 6.45) is 0. The highest BCUT2D eigenvalue weighted by molar-refractivity contribution is 7.75. The Morgan fingerprint density at radius 3 is 1.71 bits per heavy atom. The normalized spacial score (nSPS) is 14.3. The predicted molar refractivity (Wildman–Crippen MR) is 188 cm³/mol. The first-order valence-corrected chi connectivity index (χ1v) is 16.7. The number of para-hydroxylation sites is 1. The summed E-state index contributed by atoms with van der Waals surface area (Å²) in [5.41, 5.74) is 14.8. The average Bonchev–Trinajstić information content (AvgIpc) is 3.09. The van der Waals surface area contributed by atoms with Crippen molar-refractivity contribution < 1.29 is 18.6 Å². The number of rotatable bonds is 5. The van der Waals surface area contributed by atoms with Crippen molar-refractivity contribution >= 4 is 40.1 Å². The standard InChI is InChI=1S/C34H25N2O4P.2C2H6/c35-22-13-17-24(18-14-22)38-31-21-33(34(29-10-2-1-8-27(29)31)39-25-19-15-23(36)16-20-25)41(37)32-12-6-4-9-28(32)26-7-3-5-11-30(26)40-41;2*1-2/h1-21H,35-36H2;2*1-2H3. The third-order valence-electron chi connectivity index (χ3n) is 7.09. The number of nitrogen functional groups attached to an aromatic ring is 2. The molecule has 0 fully saturated rings. The SMILES string of the molecule is CC.CC.Nc1ccc(Oc2cc(P3(=O)Oc4ccccc4-c4ccccc43)c(Oc3ccc(N)cc3)c3ccccc23)cc1. The molecule has 0 amide bonds. The van der Waals surface area contributed by atoms with Gasteiger partial charge in [0.15, 0.2) is 0 Å². The van der Waals surface area contributed by atoms with Crippen molar-refractivity contribution in [3.63, 3.8) is 0 Å². The Morgan fingerprint density at radius 1 is 0.556 bits per heavy atom. The lowest BCUT2D eigenvalue weighted by Crippen LogP contribution is -2.26. The molecule has 6 aromatic rings. The molecule has 0 spiro atoms. The summed E-state index contributed by atoms with van der Waals surface area (Å²) in [5.74, 6) is 2.63. The van der Waals surface area contributed by atoms with Gasteiger partial charge in [-0.15, -0.1) is 0 Å². The number of benzene rings is 6. The van der Waals surface area contributed by atoms with Crippen molar-refractivity contribution in [1.29, 1.82) is 0 Å². The number of anilines is 2. The van der Waals surface area contributed by atoms with E-state index in [0.717, 1.165) is 21.9 Å². The summed E-state index contributed by atoms with van der Waals surface area (Å²) in [6.45, 7) is 8.00. The van der Waals surface area contributed by atoms with Gasteiger partial charge in [0.05, 0.1) is 10.6 Å². The molecular formula is C38H37N2O4P. The molecule has 45 heavy (non-hydrogen) atoms. The Kier molecular flexibility index (Phi) is 9.46. The molecule has 1 aliphatic rings. The molecule has 0 radical (unpaired) electrons. The van der Waals surface area contributed by atoms with Crippen LogP contribution in [0.3, 0.4) is 0 Å². The molecule has 1 heterocycles. The number of hydrogen-bond acceptors (Lipinski definition) is 6. The van der Waals surface area contributed by atoms with Crippen LogP contribution in [0, 0.1) is 0 Å². The van der Waals surface area contributed by atoms with E-state index in [1.807, 2.05) is 100 Å². The molecule has 1 unspecified atom stereocenters. The van der Waals surface area contributed by atoms with Crippen molar-refractivity contribution in [3.8, 4) is 39.9 Å². The number of nitrogens with two attached hydrogens (primary N) is 2. The molecule has 6 aromatic carbocycles. The molecule has 0 saturated heterocycles. The van der Waals surface area contributed by atoms with Gasteiger partial charge in [0.25, 0.3) is 0 Å². The summed E-state index contributed by atoms with van der Waals surface area (Å²) in [4.78, 5) is 0. The van der Waals surface area contributed by atoms with Crippen LogP contribution in [0.25, 0.3) is 21.9 Å². The van der Waals surface area contributed by atoms with Gasteiger partial charge in [-0.05, 0) is 72.3 Å². The summed E-state index contributed by atoms with van der Waals surface area (Å²) in [6, 6.07) is 39.0. The second-order valence-electron chi connectivity index (χ2n) is 9.77. The smallest absolute Gasteiger partial charge is 0.311 e. The molecule has 4 N–H and O–H groups in total. The van der Waals surface area contributed by atoms with Crippen LogP contribution < -0.4 is 36.1 Å². The van der Waals surface area contributed by atoms with Crippen LogP contribution in [0.5, 0.6) is 28.7 Å². The maximum atomic E-state index is 15.4. The third kappa shape index (κ3) is 6.11. The summed E-state index contributed by atoms with van der Waals surface area (Å²) in [5, 5.41) is 2.49. The first kappa shape index (κ1) is 31.2. The van der Waals surface area contributed by atoms with E-state index in [1.165, 1.54) is 0 Å². The van der Waals surface area contributed by atoms with Crippen LogP contribution in [0.1, 0.15) is 27.7 Å². The minimum Gasteiger partial charge on any atom is -0.457 e. The first-order chi connectivity index (χ1) is 22.0. The summed E-state index contributed by atoms with van der Waals surface area (Å²) in [7, 11) is -3.77. The van der Waals surface area contributed by atoms with Gasteiger partial charge in [-0.1, -0.05) is 88.4 Å². The van der Waals surface area contributed by atoms with E-state index in [4.69, 9.17) is 25.5 Å². The van der Waals surface area contributed by atoms with Gasteiger partial charge in [0.2, 0.25) is 0 Å². The maximum Gasteiger partial charge on any atom is 0.311 e.